The van der Waals surface area contributed by atoms with E-state index >= 15 is 0 Å². The van der Waals surface area contributed by atoms with Crippen LogP contribution >= 0.6 is 0 Å². The molecule has 0 heterocycles. The van der Waals surface area contributed by atoms with E-state index in [4.69, 9.17) is 9.47 Å². The van der Waals surface area contributed by atoms with E-state index in [1.54, 1.807) is 43.5 Å². The molecule has 0 atom stereocenters. The van der Waals surface area contributed by atoms with Crippen molar-refractivity contribution in [3.63, 3.8) is 0 Å². The molecule has 3 aromatic carbocycles. The van der Waals surface area contributed by atoms with Crippen molar-refractivity contribution < 1.29 is 27.0 Å². The van der Waals surface area contributed by atoms with Gasteiger partial charge in [0.05, 0.1) is 13.2 Å². The molecule has 34 heavy (non-hydrogen) atoms. The molecule has 0 spiro atoms. The van der Waals surface area contributed by atoms with Gasteiger partial charge in [0.2, 0.25) is 5.82 Å². The summed E-state index contributed by atoms with van der Waals surface area (Å²) in [6, 6.07) is 13.3. The Balaban J connectivity index is 1.46. The Hall–Kier alpha value is -2.86. The van der Waals surface area contributed by atoms with Gasteiger partial charge >= 0.3 is 0 Å². The average Bonchev–Trinajstić information content (AvgIpc) is 2.87. The Morgan fingerprint density at radius 3 is 2.06 bits per heavy atom. The van der Waals surface area contributed by atoms with Crippen LogP contribution in [0.15, 0.2) is 48.5 Å². The monoisotopic (exact) mass is 472 g/mol. The van der Waals surface area contributed by atoms with Crippen LogP contribution in [0.1, 0.15) is 48.3 Å². The lowest BCUT2D eigenvalue weighted by Crippen LogP contribution is -2.20. The summed E-state index contributed by atoms with van der Waals surface area (Å²) in [5, 5.41) is 0. The molecule has 180 valence electrons. The van der Waals surface area contributed by atoms with Gasteiger partial charge in [-0.25, -0.2) is 13.2 Å². The van der Waals surface area contributed by atoms with Gasteiger partial charge in [-0.2, -0.15) is 4.39 Å². The molecule has 0 unspecified atom stereocenters. The van der Waals surface area contributed by atoms with Gasteiger partial charge in [-0.3, -0.25) is 0 Å². The molecule has 0 N–H and O–H groups in total. The van der Waals surface area contributed by atoms with Crippen molar-refractivity contribution >= 4 is 0 Å². The molecular formula is C28H28F4O2. The number of halogens is 4. The first kappa shape index (κ1) is 24.3. The van der Waals surface area contributed by atoms with Gasteiger partial charge in [0.25, 0.3) is 0 Å². The van der Waals surface area contributed by atoms with Gasteiger partial charge in [-0.05, 0) is 72.8 Å². The van der Waals surface area contributed by atoms with Gasteiger partial charge in [-0.1, -0.05) is 42.5 Å². The minimum atomic E-state index is -0.997. The standard InChI is InChI=1S/C28H28F4O2/c1-33-21-12-9-19(10-13-21)23-15-14-22(26(30)27(23)31)18-6-3-17(4-7-18)5-8-20-11-16-24(34-2)28(32)25(20)29/h3-4,6-7,11,14-16,19,21H,5,8-10,12-13H2,1-2H3. The number of methoxy groups -OCH3 is 2. The Morgan fingerprint density at radius 1 is 0.706 bits per heavy atom. The maximum atomic E-state index is 15.0. The van der Waals surface area contributed by atoms with E-state index in [-0.39, 0.29) is 28.9 Å². The predicted molar refractivity (Wildman–Crippen MR) is 124 cm³/mol. The molecule has 1 fully saturated rings. The quantitative estimate of drug-likeness (QED) is 0.334. The number of benzene rings is 3. The lowest BCUT2D eigenvalue weighted by molar-refractivity contribution is 0.0655. The van der Waals surface area contributed by atoms with Gasteiger partial charge in [-0.15, -0.1) is 0 Å². The summed E-state index contributed by atoms with van der Waals surface area (Å²) in [5.41, 5.74) is 2.34. The van der Waals surface area contributed by atoms with E-state index in [9.17, 15) is 17.6 Å². The normalized spacial score (nSPS) is 18.2. The SMILES string of the molecule is COc1ccc(CCc2ccc(-c3ccc(C4CCC(OC)CC4)c(F)c3F)cc2)c(F)c1F. The number of ether oxygens (including phenoxy) is 2. The highest BCUT2D eigenvalue weighted by Crippen LogP contribution is 2.37. The van der Waals surface area contributed by atoms with Crippen LogP contribution in [0.4, 0.5) is 17.6 Å². The van der Waals surface area contributed by atoms with Crippen LogP contribution < -0.4 is 4.74 Å². The van der Waals surface area contributed by atoms with Crippen LogP contribution in [0.2, 0.25) is 0 Å². The second-order valence-corrected chi connectivity index (χ2v) is 8.79. The molecule has 0 amide bonds. The summed E-state index contributed by atoms with van der Waals surface area (Å²) < 4.78 is 68.2. The number of aryl methyl sites for hydroxylation is 2. The first-order valence-corrected chi connectivity index (χ1v) is 11.5. The van der Waals surface area contributed by atoms with Crippen molar-refractivity contribution in [3.8, 4) is 16.9 Å². The fraction of sp³-hybridized carbons (Fsp3) is 0.357. The maximum Gasteiger partial charge on any atom is 0.200 e. The lowest BCUT2D eigenvalue weighted by Gasteiger charge is -2.28. The van der Waals surface area contributed by atoms with Gasteiger partial charge in [0.1, 0.15) is 0 Å². The highest BCUT2D eigenvalue weighted by Gasteiger charge is 2.26. The maximum absolute atomic E-state index is 15.0. The van der Waals surface area contributed by atoms with E-state index in [1.165, 1.54) is 19.2 Å². The lowest BCUT2D eigenvalue weighted by atomic mass is 9.82. The zero-order valence-corrected chi connectivity index (χ0v) is 19.3. The zero-order chi connectivity index (χ0) is 24.2. The summed E-state index contributed by atoms with van der Waals surface area (Å²) in [6.45, 7) is 0. The van der Waals surface area contributed by atoms with Crippen molar-refractivity contribution in [2.45, 2.75) is 50.5 Å². The molecule has 0 bridgehead atoms. The topological polar surface area (TPSA) is 18.5 Å². The van der Waals surface area contributed by atoms with Crippen LogP contribution in [0, 0.1) is 23.3 Å². The third-order valence-corrected chi connectivity index (χ3v) is 6.85. The molecular weight excluding hydrogens is 444 g/mol. The molecule has 0 aromatic heterocycles. The minimum Gasteiger partial charge on any atom is -0.494 e. The zero-order valence-electron chi connectivity index (χ0n) is 19.3. The van der Waals surface area contributed by atoms with Crippen molar-refractivity contribution in [2.75, 3.05) is 14.2 Å². The summed E-state index contributed by atoms with van der Waals surface area (Å²) in [6.07, 6.45) is 4.22. The number of hydrogen-bond donors (Lipinski definition) is 0. The Labute approximate surface area is 197 Å². The highest BCUT2D eigenvalue weighted by molar-refractivity contribution is 5.65. The molecule has 0 aliphatic heterocycles. The fourth-order valence-corrected chi connectivity index (χ4v) is 4.76. The van der Waals surface area contributed by atoms with Crippen LogP contribution in [-0.4, -0.2) is 20.3 Å². The van der Waals surface area contributed by atoms with Gasteiger partial charge in [0.15, 0.2) is 23.2 Å². The Morgan fingerprint density at radius 2 is 1.41 bits per heavy atom. The largest absolute Gasteiger partial charge is 0.494 e. The molecule has 0 radical (unpaired) electrons. The number of rotatable bonds is 7. The summed E-state index contributed by atoms with van der Waals surface area (Å²) in [4.78, 5) is 0. The third-order valence-electron chi connectivity index (χ3n) is 6.85. The second-order valence-electron chi connectivity index (χ2n) is 8.79. The van der Waals surface area contributed by atoms with Crippen LogP contribution in [0.25, 0.3) is 11.1 Å². The molecule has 3 aromatic rings. The van der Waals surface area contributed by atoms with Crippen molar-refractivity contribution in [1.82, 2.24) is 0 Å². The predicted octanol–water partition coefficient (Wildman–Crippen LogP) is 7.38. The third kappa shape index (κ3) is 4.97. The van der Waals surface area contributed by atoms with Crippen LogP contribution in [0.3, 0.4) is 0 Å². The average molecular weight is 473 g/mol. The summed E-state index contributed by atoms with van der Waals surface area (Å²) in [7, 11) is 2.97. The molecule has 1 aliphatic carbocycles. The molecule has 0 saturated heterocycles. The van der Waals surface area contributed by atoms with Crippen LogP contribution in [-0.2, 0) is 17.6 Å². The molecule has 6 heteroatoms. The van der Waals surface area contributed by atoms with Crippen molar-refractivity contribution in [1.29, 1.82) is 0 Å². The number of hydrogen-bond acceptors (Lipinski definition) is 2. The minimum absolute atomic E-state index is 0.000475. The first-order valence-electron chi connectivity index (χ1n) is 11.5. The molecule has 1 saturated carbocycles. The van der Waals surface area contributed by atoms with Gasteiger partial charge < -0.3 is 9.47 Å². The summed E-state index contributed by atoms with van der Waals surface area (Å²) >= 11 is 0. The second kappa shape index (κ2) is 10.6. The molecule has 4 rings (SSSR count). The van der Waals surface area contributed by atoms with E-state index in [0.29, 0.717) is 24.0 Å². The highest BCUT2D eigenvalue weighted by atomic mass is 19.2. The first-order chi connectivity index (χ1) is 16.4. The van der Waals surface area contributed by atoms with E-state index in [1.807, 2.05) is 0 Å². The van der Waals surface area contributed by atoms with E-state index in [2.05, 4.69) is 0 Å². The van der Waals surface area contributed by atoms with E-state index in [0.717, 1.165) is 31.2 Å². The smallest absolute Gasteiger partial charge is 0.200 e. The Kier molecular flexibility index (Phi) is 7.57. The Bertz CT molecular complexity index is 1140. The van der Waals surface area contributed by atoms with E-state index < -0.39 is 23.3 Å². The van der Waals surface area contributed by atoms with Crippen molar-refractivity contribution in [2.24, 2.45) is 0 Å². The fourth-order valence-electron chi connectivity index (χ4n) is 4.76. The van der Waals surface area contributed by atoms with Gasteiger partial charge in [0, 0.05) is 12.7 Å². The summed E-state index contributed by atoms with van der Waals surface area (Å²) in [5.74, 6) is -3.66. The van der Waals surface area contributed by atoms with Crippen LogP contribution in [0.5, 0.6) is 5.75 Å². The van der Waals surface area contributed by atoms with Crippen molar-refractivity contribution in [3.05, 3.63) is 88.5 Å². The molecule has 2 nitrogen and oxygen atoms in total. The molecule has 1 aliphatic rings.